The van der Waals surface area contributed by atoms with Crippen LogP contribution in [-0.2, 0) is 4.79 Å². The molecule has 1 aliphatic rings. The number of carbonyl (C=O) groups is 1. The van der Waals surface area contributed by atoms with Crippen molar-refractivity contribution in [2.75, 3.05) is 32.1 Å². The number of ether oxygens (including phenoxy) is 1. The Morgan fingerprint density at radius 2 is 2.42 bits per heavy atom. The summed E-state index contributed by atoms with van der Waals surface area (Å²) < 4.78 is 5.18. The molecule has 0 bridgehead atoms. The van der Waals surface area contributed by atoms with Crippen molar-refractivity contribution in [1.82, 2.24) is 4.90 Å². The lowest BCUT2D eigenvalue weighted by Crippen LogP contribution is -2.33. The SMILES string of the molecule is COc1ccc(Cl)cc1NC(=O)CN1CC[C@H](N)C1. The van der Waals surface area contributed by atoms with Gasteiger partial charge in [-0.25, -0.2) is 0 Å². The van der Waals surface area contributed by atoms with E-state index in [0.717, 1.165) is 19.5 Å². The van der Waals surface area contributed by atoms with Crippen molar-refractivity contribution in [3.8, 4) is 5.75 Å². The zero-order chi connectivity index (χ0) is 13.8. The maximum absolute atomic E-state index is 12.0. The molecule has 0 radical (unpaired) electrons. The molecule has 19 heavy (non-hydrogen) atoms. The quantitative estimate of drug-likeness (QED) is 0.875. The molecule has 0 aliphatic carbocycles. The molecule has 1 aromatic carbocycles. The highest BCUT2D eigenvalue weighted by Gasteiger charge is 2.21. The van der Waals surface area contributed by atoms with E-state index < -0.39 is 0 Å². The van der Waals surface area contributed by atoms with Crippen molar-refractivity contribution in [3.63, 3.8) is 0 Å². The molecule has 1 heterocycles. The summed E-state index contributed by atoms with van der Waals surface area (Å²) in [6.07, 6.45) is 0.938. The summed E-state index contributed by atoms with van der Waals surface area (Å²) in [5, 5.41) is 3.37. The Bertz CT molecular complexity index is 467. The molecular weight excluding hydrogens is 266 g/mol. The minimum Gasteiger partial charge on any atom is -0.495 e. The predicted molar refractivity (Wildman–Crippen MR) is 75.7 cm³/mol. The lowest BCUT2D eigenvalue weighted by atomic mass is 10.3. The van der Waals surface area contributed by atoms with E-state index in [1.54, 1.807) is 25.3 Å². The zero-order valence-corrected chi connectivity index (χ0v) is 11.6. The van der Waals surface area contributed by atoms with Gasteiger partial charge in [0.25, 0.3) is 0 Å². The molecule has 1 atom stereocenters. The summed E-state index contributed by atoms with van der Waals surface area (Å²) in [5.74, 6) is 0.505. The van der Waals surface area contributed by atoms with Crippen molar-refractivity contribution >= 4 is 23.2 Å². The zero-order valence-electron chi connectivity index (χ0n) is 10.9. The molecule has 3 N–H and O–H groups in total. The Morgan fingerprint density at radius 3 is 3.05 bits per heavy atom. The second-order valence-corrected chi connectivity index (χ2v) is 5.11. The average molecular weight is 284 g/mol. The smallest absolute Gasteiger partial charge is 0.238 e. The first-order valence-electron chi connectivity index (χ1n) is 6.20. The van der Waals surface area contributed by atoms with Gasteiger partial charge in [0.1, 0.15) is 5.75 Å². The van der Waals surface area contributed by atoms with Gasteiger partial charge in [0.05, 0.1) is 19.3 Å². The number of methoxy groups -OCH3 is 1. The van der Waals surface area contributed by atoms with E-state index in [1.165, 1.54) is 0 Å². The molecule has 1 saturated heterocycles. The average Bonchev–Trinajstić information content (AvgIpc) is 2.75. The number of anilines is 1. The van der Waals surface area contributed by atoms with Crippen molar-refractivity contribution in [1.29, 1.82) is 0 Å². The van der Waals surface area contributed by atoms with Crippen LogP contribution in [0.2, 0.25) is 5.02 Å². The van der Waals surface area contributed by atoms with Gasteiger partial charge >= 0.3 is 0 Å². The van der Waals surface area contributed by atoms with Gasteiger partial charge in [0.2, 0.25) is 5.91 Å². The third kappa shape index (κ3) is 3.83. The summed E-state index contributed by atoms with van der Waals surface area (Å²) in [6.45, 7) is 1.96. The largest absolute Gasteiger partial charge is 0.495 e. The molecular formula is C13H18ClN3O2. The number of likely N-dealkylation sites (tertiary alicyclic amines) is 1. The molecule has 0 spiro atoms. The third-order valence-corrected chi connectivity index (χ3v) is 3.35. The monoisotopic (exact) mass is 283 g/mol. The highest BCUT2D eigenvalue weighted by Crippen LogP contribution is 2.27. The van der Waals surface area contributed by atoms with Crippen molar-refractivity contribution in [2.45, 2.75) is 12.5 Å². The van der Waals surface area contributed by atoms with Gasteiger partial charge in [-0.05, 0) is 24.6 Å². The first-order valence-corrected chi connectivity index (χ1v) is 6.57. The van der Waals surface area contributed by atoms with E-state index >= 15 is 0 Å². The van der Waals surface area contributed by atoms with Gasteiger partial charge in [-0.2, -0.15) is 0 Å². The first kappa shape index (κ1) is 14.1. The minimum absolute atomic E-state index is 0.0883. The maximum Gasteiger partial charge on any atom is 0.238 e. The molecule has 1 fully saturated rings. The number of hydrogen-bond donors (Lipinski definition) is 2. The molecule has 0 unspecified atom stereocenters. The molecule has 104 valence electrons. The Morgan fingerprint density at radius 1 is 1.63 bits per heavy atom. The lowest BCUT2D eigenvalue weighted by molar-refractivity contribution is -0.117. The molecule has 5 nitrogen and oxygen atoms in total. The van der Waals surface area contributed by atoms with Crippen molar-refractivity contribution in [3.05, 3.63) is 23.2 Å². The van der Waals surface area contributed by atoms with Crippen LogP contribution in [0.1, 0.15) is 6.42 Å². The highest BCUT2D eigenvalue weighted by molar-refractivity contribution is 6.31. The number of carbonyl (C=O) groups excluding carboxylic acids is 1. The van der Waals surface area contributed by atoms with Gasteiger partial charge in [0, 0.05) is 24.2 Å². The van der Waals surface area contributed by atoms with Crippen LogP contribution >= 0.6 is 11.6 Å². The second-order valence-electron chi connectivity index (χ2n) is 4.68. The number of rotatable bonds is 4. The number of nitrogens with one attached hydrogen (secondary N) is 1. The third-order valence-electron chi connectivity index (χ3n) is 3.11. The Labute approximate surface area is 117 Å². The van der Waals surface area contributed by atoms with E-state index in [0.29, 0.717) is 23.0 Å². The molecule has 6 heteroatoms. The van der Waals surface area contributed by atoms with Gasteiger partial charge in [-0.15, -0.1) is 0 Å². The van der Waals surface area contributed by atoms with Crippen LogP contribution < -0.4 is 15.8 Å². The van der Waals surface area contributed by atoms with Crippen LogP contribution in [0.5, 0.6) is 5.75 Å². The molecule has 1 amide bonds. The summed E-state index contributed by atoms with van der Waals surface area (Å²) in [5.41, 5.74) is 6.39. The topological polar surface area (TPSA) is 67.6 Å². The Kier molecular flexibility index (Phi) is 4.63. The molecule has 1 aliphatic heterocycles. The number of benzene rings is 1. The predicted octanol–water partition coefficient (Wildman–Crippen LogP) is 1.32. The number of nitrogens with two attached hydrogens (primary N) is 1. The standard InChI is InChI=1S/C13H18ClN3O2/c1-19-12-3-2-9(14)6-11(12)16-13(18)8-17-5-4-10(15)7-17/h2-3,6,10H,4-5,7-8,15H2,1H3,(H,16,18)/t10-/m0/s1. The van der Waals surface area contributed by atoms with Gasteiger partial charge in [-0.1, -0.05) is 11.6 Å². The molecule has 0 saturated carbocycles. The van der Waals surface area contributed by atoms with Gasteiger partial charge in [0.15, 0.2) is 0 Å². The molecule has 2 rings (SSSR count). The number of nitrogens with zero attached hydrogens (tertiary/aromatic N) is 1. The van der Waals surface area contributed by atoms with E-state index in [4.69, 9.17) is 22.1 Å². The second kappa shape index (κ2) is 6.23. The summed E-state index contributed by atoms with van der Waals surface area (Å²) >= 11 is 5.91. The van der Waals surface area contributed by atoms with Crippen LogP contribution in [0, 0.1) is 0 Å². The molecule has 1 aromatic rings. The normalized spacial score (nSPS) is 19.4. The fourth-order valence-electron chi connectivity index (χ4n) is 2.18. The number of halogens is 1. The highest BCUT2D eigenvalue weighted by atomic mass is 35.5. The summed E-state index contributed by atoms with van der Waals surface area (Å²) in [6, 6.07) is 5.29. The van der Waals surface area contributed by atoms with E-state index in [2.05, 4.69) is 5.32 Å². The van der Waals surface area contributed by atoms with Crippen molar-refractivity contribution < 1.29 is 9.53 Å². The van der Waals surface area contributed by atoms with Gasteiger partial charge in [-0.3, -0.25) is 9.69 Å². The Hall–Kier alpha value is -1.30. The van der Waals surface area contributed by atoms with Gasteiger partial charge < -0.3 is 15.8 Å². The van der Waals surface area contributed by atoms with E-state index in [9.17, 15) is 4.79 Å². The minimum atomic E-state index is -0.0883. The van der Waals surface area contributed by atoms with Crippen LogP contribution in [-0.4, -0.2) is 43.6 Å². The lowest BCUT2D eigenvalue weighted by Gasteiger charge is -2.16. The fourth-order valence-corrected chi connectivity index (χ4v) is 2.35. The summed E-state index contributed by atoms with van der Waals surface area (Å²) in [4.78, 5) is 14.0. The maximum atomic E-state index is 12.0. The van der Waals surface area contributed by atoms with Crippen LogP contribution in [0.3, 0.4) is 0 Å². The van der Waals surface area contributed by atoms with E-state index in [1.807, 2.05) is 4.90 Å². The Balaban J connectivity index is 1.96. The first-order chi connectivity index (χ1) is 9.08. The number of hydrogen-bond acceptors (Lipinski definition) is 4. The molecule has 0 aromatic heterocycles. The van der Waals surface area contributed by atoms with Crippen LogP contribution in [0.25, 0.3) is 0 Å². The fraction of sp³-hybridized carbons (Fsp3) is 0.462. The van der Waals surface area contributed by atoms with Crippen molar-refractivity contribution in [2.24, 2.45) is 5.73 Å². The van der Waals surface area contributed by atoms with Crippen LogP contribution in [0.4, 0.5) is 5.69 Å². The summed E-state index contributed by atoms with van der Waals surface area (Å²) in [7, 11) is 1.55. The van der Waals surface area contributed by atoms with Crippen LogP contribution in [0.15, 0.2) is 18.2 Å². The number of amides is 1. The van der Waals surface area contributed by atoms with E-state index in [-0.39, 0.29) is 11.9 Å².